The minimum atomic E-state index is -0.734. The second-order valence-corrected chi connectivity index (χ2v) is 5.28. The maximum absolute atomic E-state index is 11.2. The van der Waals surface area contributed by atoms with Crippen LogP contribution in [-0.4, -0.2) is 29.7 Å². The van der Waals surface area contributed by atoms with E-state index in [1.807, 2.05) is 0 Å². The third-order valence-corrected chi connectivity index (χ3v) is 4.11. The molecule has 16 heavy (non-hydrogen) atoms. The van der Waals surface area contributed by atoms with Crippen molar-refractivity contribution in [3.05, 3.63) is 0 Å². The third-order valence-electron chi connectivity index (χ3n) is 4.11. The van der Waals surface area contributed by atoms with Gasteiger partial charge in [0.25, 0.3) is 0 Å². The first kappa shape index (κ1) is 12.1. The number of carbonyl (C=O) groups is 1. The van der Waals surface area contributed by atoms with Crippen LogP contribution in [0.4, 0.5) is 0 Å². The van der Waals surface area contributed by atoms with Crippen molar-refractivity contribution >= 4 is 6.29 Å². The second kappa shape index (κ2) is 5.28. The van der Waals surface area contributed by atoms with Gasteiger partial charge in [0.1, 0.15) is 6.29 Å². The smallest absolute Gasteiger partial charge is 0.126 e. The minimum Gasteiger partial charge on any atom is -0.389 e. The summed E-state index contributed by atoms with van der Waals surface area (Å²) < 4.78 is 5.64. The van der Waals surface area contributed by atoms with Gasteiger partial charge in [-0.05, 0) is 38.5 Å². The molecule has 3 heteroatoms. The molecular weight excluding hydrogens is 204 g/mol. The fraction of sp³-hybridized carbons (Fsp3) is 0.923. The highest BCUT2D eigenvalue weighted by Gasteiger charge is 2.40. The standard InChI is InChI=1S/C13H22O3/c14-10-11(13(15)6-2-3-7-13)9-12-5-1-4-8-16-12/h10-12,15H,1-9H2/t11?,12-/m1/s1. The van der Waals surface area contributed by atoms with E-state index in [2.05, 4.69) is 0 Å². The van der Waals surface area contributed by atoms with E-state index in [1.165, 1.54) is 6.42 Å². The van der Waals surface area contributed by atoms with Gasteiger partial charge in [-0.1, -0.05) is 12.8 Å². The molecule has 1 aliphatic carbocycles. The summed E-state index contributed by atoms with van der Waals surface area (Å²) in [5.74, 6) is -0.224. The molecule has 0 aromatic rings. The number of aliphatic hydroxyl groups is 1. The molecule has 0 amide bonds. The first-order chi connectivity index (χ1) is 7.74. The summed E-state index contributed by atoms with van der Waals surface area (Å²) in [6, 6.07) is 0. The molecule has 2 rings (SSSR count). The summed E-state index contributed by atoms with van der Waals surface area (Å²) in [4.78, 5) is 11.2. The van der Waals surface area contributed by atoms with Gasteiger partial charge >= 0.3 is 0 Å². The fourth-order valence-electron chi connectivity index (χ4n) is 3.04. The van der Waals surface area contributed by atoms with Crippen molar-refractivity contribution in [2.45, 2.75) is 63.1 Å². The van der Waals surface area contributed by atoms with Crippen LogP contribution in [0, 0.1) is 5.92 Å². The van der Waals surface area contributed by atoms with Crippen molar-refractivity contribution in [3.8, 4) is 0 Å². The predicted molar refractivity (Wildman–Crippen MR) is 61.2 cm³/mol. The molecule has 3 nitrogen and oxygen atoms in total. The summed E-state index contributed by atoms with van der Waals surface area (Å²) in [6.45, 7) is 0.814. The van der Waals surface area contributed by atoms with Crippen LogP contribution in [0.1, 0.15) is 51.4 Å². The molecule has 0 radical (unpaired) electrons. The van der Waals surface area contributed by atoms with Crippen LogP contribution in [0.2, 0.25) is 0 Å². The van der Waals surface area contributed by atoms with Gasteiger partial charge in [0.05, 0.1) is 11.7 Å². The van der Waals surface area contributed by atoms with E-state index < -0.39 is 5.60 Å². The molecule has 1 aliphatic heterocycles. The molecule has 1 heterocycles. The van der Waals surface area contributed by atoms with Crippen molar-refractivity contribution in [1.82, 2.24) is 0 Å². The number of hydrogen-bond donors (Lipinski definition) is 1. The monoisotopic (exact) mass is 226 g/mol. The minimum absolute atomic E-state index is 0.188. The molecule has 2 atom stereocenters. The molecule has 92 valence electrons. The molecule has 1 unspecified atom stereocenters. The van der Waals surface area contributed by atoms with Gasteiger partial charge in [-0.15, -0.1) is 0 Å². The van der Waals surface area contributed by atoms with E-state index in [-0.39, 0.29) is 12.0 Å². The van der Waals surface area contributed by atoms with E-state index in [1.54, 1.807) is 0 Å². The number of carbonyl (C=O) groups excluding carboxylic acids is 1. The summed E-state index contributed by atoms with van der Waals surface area (Å²) in [7, 11) is 0. The third kappa shape index (κ3) is 2.64. The van der Waals surface area contributed by atoms with Gasteiger partial charge in [0.2, 0.25) is 0 Å². The number of hydrogen-bond acceptors (Lipinski definition) is 3. The van der Waals surface area contributed by atoms with Crippen LogP contribution in [0.25, 0.3) is 0 Å². The second-order valence-electron chi connectivity index (χ2n) is 5.28. The Morgan fingerprint density at radius 3 is 2.62 bits per heavy atom. The number of ether oxygens (including phenoxy) is 1. The summed E-state index contributed by atoms with van der Waals surface area (Å²) in [6.07, 6.45) is 8.86. The van der Waals surface area contributed by atoms with Crippen LogP contribution in [-0.2, 0) is 9.53 Å². The Morgan fingerprint density at radius 1 is 1.31 bits per heavy atom. The normalized spacial score (nSPS) is 31.2. The Morgan fingerprint density at radius 2 is 2.06 bits per heavy atom. The molecule has 1 saturated heterocycles. The Labute approximate surface area is 97.2 Å². The highest BCUT2D eigenvalue weighted by atomic mass is 16.5. The first-order valence-electron chi connectivity index (χ1n) is 6.54. The van der Waals surface area contributed by atoms with Gasteiger partial charge in [0.15, 0.2) is 0 Å². The van der Waals surface area contributed by atoms with Crippen LogP contribution >= 0.6 is 0 Å². The molecule has 2 fully saturated rings. The predicted octanol–water partition coefficient (Wildman–Crippen LogP) is 2.07. The quantitative estimate of drug-likeness (QED) is 0.746. The fourth-order valence-corrected chi connectivity index (χ4v) is 3.04. The van der Waals surface area contributed by atoms with Crippen LogP contribution in [0.3, 0.4) is 0 Å². The van der Waals surface area contributed by atoms with Gasteiger partial charge in [-0.2, -0.15) is 0 Å². The lowest BCUT2D eigenvalue weighted by atomic mass is 9.82. The highest BCUT2D eigenvalue weighted by Crippen LogP contribution is 2.38. The molecule has 1 N–H and O–H groups in total. The SMILES string of the molecule is O=CC(C[C@H]1CCCCO1)C1(O)CCCC1. The lowest BCUT2D eigenvalue weighted by molar-refractivity contribution is -0.124. The number of aldehydes is 1. The van der Waals surface area contributed by atoms with Crippen molar-refractivity contribution in [3.63, 3.8) is 0 Å². The van der Waals surface area contributed by atoms with Crippen molar-refractivity contribution < 1.29 is 14.6 Å². The molecule has 0 spiro atoms. The zero-order valence-corrected chi connectivity index (χ0v) is 9.86. The number of rotatable bonds is 4. The Hall–Kier alpha value is -0.410. The summed E-state index contributed by atoms with van der Waals surface area (Å²) in [5.41, 5.74) is -0.734. The van der Waals surface area contributed by atoms with Gasteiger partial charge in [-0.3, -0.25) is 0 Å². The van der Waals surface area contributed by atoms with Crippen molar-refractivity contribution in [2.75, 3.05) is 6.61 Å². The maximum atomic E-state index is 11.2. The average molecular weight is 226 g/mol. The lowest BCUT2D eigenvalue weighted by Crippen LogP contribution is -2.39. The molecule has 0 aromatic carbocycles. The van der Waals surface area contributed by atoms with Gasteiger partial charge in [0, 0.05) is 12.5 Å². The van der Waals surface area contributed by atoms with Crippen molar-refractivity contribution in [1.29, 1.82) is 0 Å². The largest absolute Gasteiger partial charge is 0.389 e. The molecule has 0 bridgehead atoms. The van der Waals surface area contributed by atoms with Crippen molar-refractivity contribution in [2.24, 2.45) is 5.92 Å². The van der Waals surface area contributed by atoms with E-state index in [9.17, 15) is 9.90 Å². The zero-order valence-electron chi connectivity index (χ0n) is 9.86. The molecular formula is C13H22O3. The lowest BCUT2D eigenvalue weighted by Gasteiger charge is -2.32. The van der Waals surface area contributed by atoms with E-state index in [0.717, 1.165) is 51.4 Å². The zero-order chi connectivity index (χ0) is 11.4. The maximum Gasteiger partial charge on any atom is 0.126 e. The summed E-state index contributed by atoms with van der Waals surface area (Å²) >= 11 is 0. The summed E-state index contributed by atoms with van der Waals surface area (Å²) in [5, 5.41) is 10.4. The highest BCUT2D eigenvalue weighted by molar-refractivity contribution is 5.56. The van der Waals surface area contributed by atoms with Gasteiger partial charge < -0.3 is 14.6 Å². The topological polar surface area (TPSA) is 46.5 Å². The van der Waals surface area contributed by atoms with E-state index in [4.69, 9.17) is 4.74 Å². The molecule has 0 aromatic heterocycles. The van der Waals surface area contributed by atoms with Crippen LogP contribution in [0.5, 0.6) is 0 Å². The Bertz CT molecular complexity index is 227. The Balaban J connectivity index is 1.91. The van der Waals surface area contributed by atoms with Crippen LogP contribution < -0.4 is 0 Å². The Kier molecular flexibility index (Phi) is 3.98. The molecule has 2 aliphatic rings. The van der Waals surface area contributed by atoms with E-state index >= 15 is 0 Å². The van der Waals surface area contributed by atoms with E-state index in [0.29, 0.717) is 6.42 Å². The average Bonchev–Trinajstić information content (AvgIpc) is 2.75. The first-order valence-corrected chi connectivity index (χ1v) is 6.54. The molecule has 1 saturated carbocycles. The van der Waals surface area contributed by atoms with Gasteiger partial charge in [-0.25, -0.2) is 0 Å². The van der Waals surface area contributed by atoms with Crippen LogP contribution in [0.15, 0.2) is 0 Å².